The third kappa shape index (κ3) is 6.49. The zero-order chi connectivity index (χ0) is 18.0. The summed E-state index contributed by atoms with van der Waals surface area (Å²) in [6.45, 7) is 6.97. The smallest absolute Gasteiger partial charge is 0.243 e. The SMILES string of the molecule is CCOC(CN(CCCCO)S(=O)(=O)c1ccc(C)cc1)OCC. The number of sulfonamides is 1. The largest absolute Gasteiger partial charge is 0.396 e. The number of aliphatic hydroxyl groups is 1. The second-order valence-electron chi connectivity index (χ2n) is 5.45. The number of benzene rings is 1. The van der Waals surface area contributed by atoms with Crippen molar-refractivity contribution in [1.82, 2.24) is 4.31 Å². The van der Waals surface area contributed by atoms with Crippen LogP contribution in [0.15, 0.2) is 29.2 Å². The summed E-state index contributed by atoms with van der Waals surface area (Å²) < 4.78 is 38.2. The van der Waals surface area contributed by atoms with E-state index in [-0.39, 0.29) is 18.0 Å². The first-order chi connectivity index (χ1) is 11.5. The monoisotopic (exact) mass is 359 g/mol. The van der Waals surface area contributed by atoms with Gasteiger partial charge in [-0.05, 0) is 45.7 Å². The van der Waals surface area contributed by atoms with Gasteiger partial charge in [0.05, 0.1) is 11.4 Å². The number of aryl methyl sites for hydroxylation is 1. The molecular weight excluding hydrogens is 330 g/mol. The molecule has 0 unspecified atom stereocenters. The quantitative estimate of drug-likeness (QED) is 0.457. The number of ether oxygens (including phenoxy) is 2. The Bertz CT molecular complexity index is 553. The maximum Gasteiger partial charge on any atom is 0.243 e. The summed E-state index contributed by atoms with van der Waals surface area (Å²) >= 11 is 0. The maximum atomic E-state index is 12.9. The molecule has 1 N–H and O–H groups in total. The van der Waals surface area contributed by atoms with Crippen LogP contribution < -0.4 is 0 Å². The lowest BCUT2D eigenvalue weighted by Crippen LogP contribution is -2.40. The summed E-state index contributed by atoms with van der Waals surface area (Å²) in [6.07, 6.45) is 0.523. The third-order valence-corrected chi connectivity index (χ3v) is 5.41. The Labute approximate surface area is 145 Å². The molecule has 0 saturated heterocycles. The van der Waals surface area contributed by atoms with Crippen LogP contribution in [-0.2, 0) is 19.5 Å². The molecule has 0 aliphatic rings. The minimum atomic E-state index is -3.64. The molecule has 0 spiro atoms. The Morgan fingerprint density at radius 3 is 2.17 bits per heavy atom. The third-order valence-electron chi connectivity index (χ3n) is 3.53. The minimum absolute atomic E-state index is 0.0404. The highest BCUT2D eigenvalue weighted by molar-refractivity contribution is 7.89. The molecule has 0 amide bonds. The molecule has 0 saturated carbocycles. The second kappa shape index (κ2) is 10.8. The molecule has 0 fully saturated rings. The van der Waals surface area contributed by atoms with E-state index in [0.29, 0.717) is 32.6 Å². The van der Waals surface area contributed by atoms with Crippen LogP contribution in [0, 0.1) is 6.92 Å². The molecule has 0 radical (unpaired) electrons. The van der Waals surface area contributed by atoms with Crippen LogP contribution in [0.4, 0.5) is 0 Å². The van der Waals surface area contributed by atoms with Crippen LogP contribution in [0.3, 0.4) is 0 Å². The van der Waals surface area contributed by atoms with Gasteiger partial charge in [0.25, 0.3) is 0 Å². The molecule has 1 aromatic carbocycles. The number of hydrogen-bond acceptors (Lipinski definition) is 5. The van der Waals surface area contributed by atoms with Gasteiger partial charge in [0, 0.05) is 26.4 Å². The Hall–Kier alpha value is -0.990. The van der Waals surface area contributed by atoms with Gasteiger partial charge in [-0.1, -0.05) is 17.7 Å². The molecule has 6 nitrogen and oxygen atoms in total. The molecular formula is C17H29NO5S. The van der Waals surface area contributed by atoms with E-state index in [9.17, 15) is 8.42 Å². The molecule has 0 heterocycles. The highest BCUT2D eigenvalue weighted by Gasteiger charge is 2.27. The van der Waals surface area contributed by atoms with Crippen molar-refractivity contribution in [2.24, 2.45) is 0 Å². The molecule has 0 aliphatic carbocycles. The van der Waals surface area contributed by atoms with E-state index >= 15 is 0 Å². The molecule has 1 aromatic rings. The van der Waals surface area contributed by atoms with E-state index < -0.39 is 16.3 Å². The van der Waals surface area contributed by atoms with Crippen molar-refractivity contribution in [3.05, 3.63) is 29.8 Å². The van der Waals surface area contributed by atoms with E-state index in [1.54, 1.807) is 24.3 Å². The fraction of sp³-hybridized carbons (Fsp3) is 0.647. The topological polar surface area (TPSA) is 76.1 Å². The van der Waals surface area contributed by atoms with Crippen molar-refractivity contribution < 1.29 is 23.0 Å². The Morgan fingerprint density at radius 2 is 1.67 bits per heavy atom. The average molecular weight is 359 g/mol. The van der Waals surface area contributed by atoms with Crippen molar-refractivity contribution in [3.63, 3.8) is 0 Å². The molecule has 138 valence electrons. The molecule has 24 heavy (non-hydrogen) atoms. The van der Waals surface area contributed by atoms with Gasteiger partial charge in [-0.2, -0.15) is 4.31 Å². The molecule has 0 atom stereocenters. The molecule has 0 aliphatic heterocycles. The van der Waals surface area contributed by atoms with Gasteiger partial charge in [-0.25, -0.2) is 8.42 Å². The zero-order valence-corrected chi connectivity index (χ0v) is 15.6. The van der Waals surface area contributed by atoms with E-state index in [1.807, 2.05) is 20.8 Å². The van der Waals surface area contributed by atoms with E-state index in [4.69, 9.17) is 14.6 Å². The summed E-state index contributed by atoms with van der Waals surface area (Å²) in [4.78, 5) is 0.254. The standard InChI is InChI=1S/C17H29NO5S/c1-4-22-17(23-5-2)14-18(12-6-7-13-19)24(20,21)16-10-8-15(3)9-11-16/h8-11,17,19H,4-7,12-14H2,1-3H3. The van der Waals surface area contributed by atoms with Crippen LogP contribution >= 0.6 is 0 Å². The summed E-state index contributed by atoms with van der Waals surface area (Å²) in [6, 6.07) is 6.78. The highest BCUT2D eigenvalue weighted by atomic mass is 32.2. The predicted octanol–water partition coefficient (Wildman–Crippen LogP) is 2.16. The van der Waals surface area contributed by atoms with Crippen molar-refractivity contribution in [2.75, 3.05) is 32.9 Å². The fourth-order valence-corrected chi connectivity index (χ4v) is 3.73. The maximum absolute atomic E-state index is 12.9. The first kappa shape index (κ1) is 21.1. The van der Waals surface area contributed by atoms with Crippen molar-refractivity contribution >= 4 is 10.0 Å². The van der Waals surface area contributed by atoms with Gasteiger partial charge in [0.15, 0.2) is 6.29 Å². The lowest BCUT2D eigenvalue weighted by molar-refractivity contribution is -0.140. The van der Waals surface area contributed by atoms with Crippen LogP contribution in [0.2, 0.25) is 0 Å². The normalized spacial score (nSPS) is 12.2. The van der Waals surface area contributed by atoms with Crippen LogP contribution in [0.1, 0.15) is 32.3 Å². The van der Waals surface area contributed by atoms with Gasteiger partial charge in [-0.15, -0.1) is 0 Å². The van der Waals surface area contributed by atoms with Gasteiger partial charge >= 0.3 is 0 Å². The number of hydrogen-bond donors (Lipinski definition) is 1. The van der Waals surface area contributed by atoms with Crippen LogP contribution in [-0.4, -0.2) is 57.0 Å². The summed E-state index contributed by atoms with van der Waals surface area (Å²) in [5, 5.41) is 8.96. The number of rotatable bonds is 12. The first-order valence-corrected chi connectivity index (χ1v) is 9.80. The van der Waals surface area contributed by atoms with Gasteiger partial charge in [0.2, 0.25) is 10.0 Å². The van der Waals surface area contributed by atoms with Gasteiger partial charge in [0.1, 0.15) is 0 Å². The number of nitrogens with zero attached hydrogens (tertiary/aromatic N) is 1. The Kier molecular flexibility index (Phi) is 9.46. The molecule has 0 aromatic heterocycles. The Morgan fingerprint density at radius 1 is 1.08 bits per heavy atom. The summed E-state index contributed by atoms with van der Waals surface area (Å²) in [5.41, 5.74) is 1.00. The van der Waals surface area contributed by atoms with E-state index in [1.165, 1.54) is 4.31 Å². The Balaban J connectivity index is 2.99. The van der Waals surface area contributed by atoms with Crippen LogP contribution in [0.25, 0.3) is 0 Å². The lowest BCUT2D eigenvalue weighted by Gasteiger charge is -2.27. The van der Waals surface area contributed by atoms with E-state index in [2.05, 4.69) is 0 Å². The first-order valence-electron chi connectivity index (χ1n) is 8.36. The highest BCUT2D eigenvalue weighted by Crippen LogP contribution is 2.18. The predicted molar refractivity (Wildman–Crippen MR) is 93.3 cm³/mol. The summed E-state index contributed by atoms with van der Waals surface area (Å²) in [7, 11) is -3.64. The second-order valence-corrected chi connectivity index (χ2v) is 7.38. The number of unbranched alkanes of at least 4 members (excludes halogenated alkanes) is 1. The van der Waals surface area contributed by atoms with Gasteiger partial charge in [-0.3, -0.25) is 0 Å². The fourth-order valence-electron chi connectivity index (χ4n) is 2.26. The van der Waals surface area contributed by atoms with Crippen molar-refractivity contribution in [1.29, 1.82) is 0 Å². The van der Waals surface area contributed by atoms with Crippen molar-refractivity contribution in [2.45, 2.75) is 44.8 Å². The summed E-state index contributed by atoms with van der Waals surface area (Å²) in [5.74, 6) is 0. The van der Waals surface area contributed by atoms with Crippen molar-refractivity contribution in [3.8, 4) is 0 Å². The lowest BCUT2D eigenvalue weighted by atomic mass is 10.2. The van der Waals surface area contributed by atoms with E-state index in [0.717, 1.165) is 5.56 Å². The molecule has 0 bridgehead atoms. The zero-order valence-electron chi connectivity index (χ0n) is 14.8. The minimum Gasteiger partial charge on any atom is -0.396 e. The average Bonchev–Trinajstić information content (AvgIpc) is 2.55. The van der Waals surface area contributed by atoms with Gasteiger partial charge < -0.3 is 14.6 Å². The molecule has 1 rings (SSSR count). The number of aliphatic hydroxyl groups excluding tert-OH is 1. The van der Waals surface area contributed by atoms with Crippen LogP contribution in [0.5, 0.6) is 0 Å². The molecule has 7 heteroatoms.